The summed E-state index contributed by atoms with van der Waals surface area (Å²) in [6.45, 7) is 1.91. The molecule has 1 N–H and O–H groups in total. The molecule has 4 rings (SSSR count). The Balaban J connectivity index is 1.50. The zero-order valence-corrected chi connectivity index (χ0v) is 16.8. The van der Waals surface area contributed by atoms with Crippen molar-refractivity contribution in [2.75, 3.05) is 11.1 Å². The number of anilines is 1. The van der Waals surface area contributed by atoms with Crippen molar-refractivity contribution in [3.63, 3.8) is 0 Å². The predicted octanol–water partition coefficient (Wildman–Crippen LogP) is 4.34. The molecular weight excluding hydrogens is 402 g/mol. The second-order valence-electron chi connectivity index (χ2n) is 6.54. The maximum atomic E-state index is 12.3. The van der Waals surface area contributed by atoms with Crippen LogP contribution in [0.1, 0.15) is 5.69 Å². The maximum absolute atomic E-state index is 12.3. The molecule has 2 aromatic heterocycles. The molecule has 0 aliphatic carbocycles. The summed E-state index contributed by atoms with van der Waals surface area (Å²) in [7, 11) is 0. The van der Waals surface area contributed by atoms with Crippen molar-refractivity contribution in [1.29, 1.82) is 0 Å². The summed E-state index contributed by atoms with van der Waals surface area (Å²) in [6.07, 6.45) is 1.78. The first kappa shape index (κ1) is 19.6. The van der Waals surface area contributed by atoms with E-state index in [1.54, 1.807) is 10.7 Å². The monoisotopic (exact) mass is 419 g/mol. The average molecular weight is 419 g/mol. The second kappa shape index (κ2) is 8.34. The zero-order chi connectivity index (χ0) is 21.1. The van der Waals surface area contributed by atoms with Crippen LogP contribution >= 0.6 is 11.8 Å². The van der Waals surface area contributed by atoms with Gasteiger partial charge in [-0.05, 0) is 30.7 Å². The number of amides is 1. The fraction of sp³-hybridized carbons (Fsp3) is 0.0952. The Kier molecular flexibility index (Phi) is 5.44. The Bertz CT molecular complexity index is 1220. The van der Waals surface area contributed by atoms with Crippen LogP contribution in [0.15, 0.2) is 71.9 Å². The molecule has 0 bridgehead atoms. The number of nitrogens with one attached hydrogen (secondary N) is 1. The van der Waals surface area contributed by atoms with Crippen LogP contribution in [-0.2, 0) is 4.79 Å². The van der Waals surface area contributed by atoms with Gasteiger partial charge in [-0.1, -0.05) is 42.1 Å². The first-order chi connectivity index (χ1) is 14.5. The molecule has 8 nitrogen and oxygen atoms in total. The molecule has 0 aliphatic rings. The predicted molar refractivity (Wildman–Crippen MR) is 116 cm³/mol. The molecule has 0 aliphatic heterocycles. The molecule has 9 heteroatoms. The highest BCUT2D eigenvalue weighted by Crippen LogP contribution is 2.27. The van der Waals surface area contributed by atoms with Gasteiger partial charge in [0.2, 0.25) is 5.91 Å². The fourth-order valence-corrected chi connectivity index (χ4v) is 3.84. The third-order valence-corrected chi connectivity index (χ3v) is 5.36. The van der Waals surface area contributed by atoms with Crippen molar-refractivity contribution >= 4 is 34.7 Å². The van der Waals surface area contributed by atoms with E-state index in [2.05, 4.69) is 15.4 Å². The lowest BCUT2D eigenvalue weighted by Crippen LogP contribution is -2.14. The van der Waals surface area contributed by atoms with E-state index in [1.807, 2.05) is 43.3 Å². The number of aromatic nitrogens is 3. The van der Waals surface area contributed by atoms with Crippen LogP contribution < -0.4 is 5.32 Å². The first-order valence-corrected chi connectivity index (χ1v) is 10.1. The lowest BCUT2D eigenvalue weighted by molar-refractivity contribution is -0.384. The number of nitro groups is 1. The van der Waals surface area contributed by atoms with E-state index in [4.69, 9.17) is 0 Å². The number of hydrogen-bond donors (Lipinski definition) is 1. The highest BCUT2D eigenvalue weighted by atomic mass is 32.2. The second-order valence-corrected chi connectivity index (χ2v) is 7.53. The van der Waals surface area contributed by atoms with Crippen LogP contribution in [0.4, 0.5) is 11.4 Å². The van der Waals surface area contributed by atoms with Crippen LogP contribution in [0.25, 0.3) is 16.8 Å². The van der Waals surface area contributed by atoms with Crippen LogP contribution in [0.5, 0.6) is 0 Å². The molecule has 0 atom stereocenters. The van der Waals surface area contributed by atoms with Gasteiger partial charge in [0.25, 0.3) is 5.69 Å². The van der Waals surface area contributed by atoms with Crippen LogP contribution in [0.2, 0.25) is 0 Å². The molecule has 0 spiro atoms. The number of fused-ring (bicyclic) bond motifs is 1. The Morgan fingerprint density at radius 3 is 2.60 bits per heavy atom. The number of thioether (sulfide) groups is 1. The standard InChI is InChI=1S/C21H17N5O3S/c1-14-11-20(25-21(23-14)18(12-22-25)15-5-3-2-4-6-15)30-13-19(27)24-16-7-9-17(10-8-16)26(28)29/h2-12H,13H2,1H3,(H,24,27). The number of non-ortho nitro benzene ring substituents is 1. The fourth-order valence-electron chi connectivity index (χ4n) is 2.98. The van der Waals surface area contributed by atoms with Gasteiger partial charge in [0.05, 0.1) is 16.9 Å². The molecule has 0 saturated carbocycles. The van der Waals surface area contributed by atoms with Crippen LogP contribution in [-0.4, -0.2) is 31.2 Å². The Labute approximate surface area is 176 Å². The third-order valence-electron chi connectivity index (χ3n) is 4.37. The van der Waals surface area contributed by atoms with Crippen molar-refractivity contribution in [3.8, 4) is 11.1 Å². The molecule has 1 amide bonds. The van der Waals surface area contributed by atoms with Crippen molar-refractivity contribution in [3.05, 3.63) is 82.7 Å². The summed E-state index contributed by atoms with van der Waals surface area (Å²) in [4.78, 5) is 27.2. The summed E-state index contributed by atoms with van der Waals surface area (Å²) in [5.41, 5.74) is 4.00. The number of nitrogens with zero attached hydrogens (tertiary/aromatic N) is 4. The molecule has 0 fully saturated rings. The zero-order valence-electron chi connectivity index (χ0n) is 16.0. The van der Waals surface area contributed by atoms with Crippen molar-refractivity contribution in [2.24, 2.45) is 0 Å². The molecule has 30 heavy (non-hydrogen) atoms. The average Bonchev–Trinajstić information content (AvgIpc) is 3.17. The SMILES string of the molecule is Cc1cc(SCC(=O)Nc2ccc([N+](=O)[O-])cc2)n2ncc(-c3ccccc3)c2n1. The topological polar surface area (TPSA) is 102 Å². The number of rotatable bonds is 6. The van der Waals surface area contributed by atoms with Gasteiger partial charge in [-0.3, -0.25) is 14.9 Å². The van der Waals surface area contributed by atoms with Gasteiger partial charge in [-0.25, -0.2) is 9.50 Å². The van der Waals surface area contributed by atoms with E-state index in [1.165, 1.54) is 36.0 Å². The van der Waals surface area contributed by atoms with Gasteiger partial charge < -0.3 is 5.32 Å². The lowest BCUT2D eigenvalue weighted by atomic mass is 10.1. The highest BCUT2D eigenvalue weighted by molar-refractivity contribution is 7.99. The maximum Gasteiger partial charge on any atom is 0.269 e. The molecule has 0 unspecified atom stereocenters. The molecular formula is C21H17N5O3S. The summed E-state index contributed by atoms with van der Waals surface area (Å²) in [5, 5.41) is 18.7. The van der Waals surface area contributed by atoms with E-state index >= 15 is 0 Å². The smallest absolute Gasteiger partial charge is 0.269 e. The molecule has 2 aromatic carbocycles. The number of aryl methyl sites for hydroxylation is 1. The molecule has 0 radical (unpaired) electrons. The summed E-state index contributed by atoms with van der Waals surface area (Å²) in [6, 6.07) is 17.5. The van der Waals surface area contributed by atoms with Crippen LogP contribution in [0.3, 0.4) is 0 Å². The largest absolute Gasteiger partial charge is 0.325 e. The van der Waals surface area contributed by atoms with E-state index < -0.39 is 4.92 Å². The van der Waals surface area contributed by atoms with Gasteiger partial charge in [-0.15, -0.1) is 0 Å². The molecule has 0 saturated heterocycles. The van der Waals surface area contributed by atoms with Gasteiger partial charge in [0.15, 0.2) is 5.65 Å². The van der Waals surface area contributed by atoms with Crippen LogP contribution in [0, 0.1) is 17.0 Å². The Hall–Kier alpha value is -3.72. The summed E-state index contributed by atoms with van der Waals surface area (Å²) < 4.78 is 1.74. The van der Waals surface area contributed by atoms with Gasteiger partial charge >= 0.3 is 0 Å². The number of nitro benzene ring substituents is 1. The van der Waals surface area contributed by atoms with E-state index in [0.29, 0.717) is 5.69 Å². The lowest BCUT2D eigenvalue weighted by Gasteiger charge is -2.08. The van der Waals surface area contributed by atoms with Crippen molar-refractivity contribution in [2.45, 2.75) is 11.9 Å². The minimum atomic E-state index is -0.480. The van der Waals surface area contributed by atoms with E-state index in [0.717, 1.165) is 27.5 Å². The number of carbonyl (C=O) groups is 1. The summed E-state index contributed by atoms with van der Waals surface area (Å²) >= 11 is 1.35. The van der Waals surface area contributed by atoms with Gasteiger partial charge in [-0.2, -0.15) is 5.10 Å². The first-order valence-electron chi connectivity index (χ1n) is 9.09. The number of carbonyl (C=O) groups excluding carboxylic acids is 1. The molecule has 4 aromatic rings. The van der Waals surface area contributed by atoms with Crippen molar-refractivity contribution in [1.82, 2.24) is 14.6 Å². The highest BCUT2D eigenvalue weighted by Gasteiger charge is 2.14. The van der Waals surface area contributed by atoms with Gasteiger partial charge in [0.1, 0.15) is 5.03 Å². The number of hydrogen-bond acceptors (Lipinski definition) is 6. The quantitative estimate of drug-likeness (QED) is 0.216. The minimum absolute atomic E-state index is 0.0232. The van der Waals surface area contributed by atoms with E-state index in [9.17, 15) is 14.9 Å². The molecule has 150 valence electrons. The minimum Gasteiger partial charge on any atom is -0.325 e. The Morgan fingerprint density at radius 2 is 1.90 bits per heavy atom. The normalized spacial score (nSPS) is 10.8. The Morgan fingerprint density at radius 1 is 1.17 bits per heavy atom. The third kappa shape index (κ3) is 4.15. The van der Waals surface area contributed by atoms with E-state index in [-0.39, 0.29) is 17.3 Å². The number of benzene rings is 2. The summed E-state index contributed by atoms with van der Waals surface area (Å²) in [5.74, 6) is -0.0531. The van der Waals surface area contributed by atoms with Crippen molar-refractivity contribution < 1.29 is 9.72 Å². The molecule has 2 heterocycles. The van der Waals surface area contributed by atoms with Gasteiger partial charge in [0, 0.05) is 29.1 Å².